The molecule has 1 aromatic heterocycles. The molecule has 3 aliphatic heterocycles. The Hall–Kier alpha value is -0.880. The highest BCUT2D eigenvalue weighted by molar-refractivity contribution is 6.29. The summed E-state index contributed by atoms with van der Waals surface area (Å²) in [5.74, 6) is 1.31. The van der Waals surface area contributed by atoms with Crippen molar-refractivity contribution in [3.05, 3.63) is 22.5 Å². The van der Waals surface area contributed by atoms with E-state index >= 15 is 0 Å². The molecule has 0 aliphatic carbocycles. The molecule has 6 heteroatoms. The number of rotatable bonds is 3. The van der Waals surface area contributed by atoms with Gasteiger partial charge in [-0.05, 0) is 6.42 Å². The van der Waals surface area contributed by atoms with Gasteiger partial charge in [0.25, 0.3) is 0 Å². The topological polar surface area (TPSA) is 49.8 Å². The molecule has 0 aromatic carbocycles. The fourth-order valence-electron chi connectivity index (χ4n) is 3.45. The summed E-state index contributed by atoms with van der Waals surface area (Å²) in [4.78, 5) is 4.55. The standard InChI is InChI=1S/C16H20ClNO4/c17-14-7-13(21-9-11-1-4-19-8-11)12-2-5-22-16(15(12)18-14)3-6-20-10-16/h7,11H,1-6,8-10H2/t11-,16?/m1/s1. The quantitative estimate of drug-likeness (QED) is 0.798. The Labute approximate surface area is 134 Å². The molecule has 2 saturated heterocycles. The molecule has 1 spiro atoms. The van der Waals surface area contributed by atoms with Gasteiger partial charge in [-0.2, -0.15) is 0 Å². The van der Waals surface area contributed by atoms with Crippen molar-refractivity contribution in [2.75, 3.05) is 39.6 Å². The maximum absolute atomic E-state index is 6.23. The van der Waals surface area contributed by atoms with Crippen molar-refractivity contribution in [1.82, 2.24) is 4.98 Å². The Bertz CT molecular complexity index is 553. The van der Waals surface area contributed by atoms with Crippen LogP contribution in [0, 0.1) is 5.92 Å². The van der Waals surface area contributed by atoms with E-state index in [1.807, 2.05) is 6.07 Å². The molecule has 0 saturated carbocycles. The van der Waals surface area contributed by atoms with Gasteiger partial charge in [0.1, 0.15) is 16.5 Å². The lowest BCUT2D eigenvalue weighted by Crippen LogP contribution is -2.37. The smallest absolute Gasteiger partial charge is 0.136 e. The first-order chi connectivity index (χ1) is 10.8. The summed E-state index contributed by atoms with van der Waals surface area (Å²) < 4.78 is 23.0. The van der Waals surface area contributed by atoms with Gasteiger partial charge in [0.2, 0.25) is 0 Å². The second kappa shape index (κ2) is 5.96. The average molecular weight is 326 g/mol. The van der Waals surface area contributed by atoms with Crippen molar-refractivity contribution in [3.63, 3.8) is 0 Å². The Balaban J connectivity index is 1.63. The van der Waals surface area contributed by atoms with E-state index in [9.17, 15) is 0 Å². The third-order valence-electron chi connectivity index (χ3n) is 4.70. The number of nitrogens with zero attached hydrogens (tertiary/aromatic N) is 1. The van der Waals surface area contributed by atoms with Crippen molar-refractivity contribution in [1.29, 1.82) is 0 Å². The van der Waals surface area contributed by atoms with Crippen molar-refractivity contribution in [2.45, 2.75) is 24.9 Å². The molecule has 3 aliphatic rings. The van der Waals surface area contributed by atoms with Crippen LogP contribution < -0.4 is 4.74 Å². The number of fused-ring (bicyclic) bond motifs is 2. The first-order valence-corrected chi connectivity index (χ1v) is 8.27. The molecule has 4 rings (SSSR count). The number of ether oxygens (including phenoxy) is 4. The van der Waals surface area contributed by atoms with Crippen LogP contribution in [0.5, 0.6) is 5.75 Å². The molecular weight excluding hydrogens is 306 g/mol. The monoisotopic (exact) mass is 325 g/mol. The Morgan fingerprint density at radius 2 is 2.27 bits per heavy atom. The van der Waals surface area contributed by atoms with Crippen molar-refractivity contribution >= 4 is 11.6 Å². The summed E-state index contributed by atoms with van der Waals surface area (Å²) >= 11 is 6.23. The van der Waals surface area contributed by atoms with E-state index in [1.165, 1.54) is 0 Å². The third-order valence-corrected chi connectivity index (χ3v) is 4.89. The van der Waals surface area contributed by atoms with Crippen molar-refractivity contribution in [3.8, 4) is 5.75 Å². The SMILES string of the molecule is Clc1cc(OC[C@@H]2CCOC2)c2c(n1)C1(CCOC1)OCC2. The number of hydrogen-bond acceptors (Lipinski definition) is 5. The third kappa shape index (κ3) is 2.60. The second-order valence-electron chi connectivity index (χ2n) is 6.21. The van der Waals surface area contributed by atoms with E-state index in [4.69, 9.17) is 30.5 Å². The van der Waals surface area contributed by atoms with Crippen LogP contribution in [0.4, 0.5) is 0 Å². The molecule has 0 radical (unpaired) electrons. The van der Waals surface area contributed by atoms with Gasteiger partial charge < -0.3 is 18.9 Å². The Morgan fingerprint density at radius 3 is 3.05 bits per heavy atom. The average Bonchev–Trinajstić information content (AvgIpc) is 3.18. The molecule has 0 N–H and O–H groups in total. The maximum Gasteiger partial charge on any atom is 0.136 e. The molecule has 22 heavy (non-hydrogen) atoms. The summed E-state index contributed by atoms with van der Waals surface area (Å²) in [6.07, 6.45) is 2.68. The first-order valence-electron chi connectivity index (χ1n) is 7.89. The summed E-state index contributed by atoms with van der Waals surface area (Å²) in [6.45, 7) is 4.19. The van der Waals surface area contributed by atoms with Gasteiger partial charge in [-0.1, -0.05) is 11.6 Å². The molecular formula is C16H20ClNO4. The van der Waals surface area contributed by atoms with Gasteiger partial charge in [0, 0.05) is 43.6 Å². The second-order valence-corrected chi connectivity index (χ2v) is 6.59. The summed E-state index contributed by atoms with van der Waals surface area (Å²) in [5.41, 5.74) is 1.59. The lowest BCUT2D eigenvalue weighted by molar-refractivity contribution is -0.0670. The van der Waals surface area contributed by atoms with E-state index < -0.39 is 5.60 Å². The number of pyridine rings is 1. The predicted octanol–water partition coefficient (Wildman–Crippen LogP) is 2.34. The maximum atomic E-state index is 6.23. The van der Waals surface area contributed by atoms with E-state index in [0.29, 0.717) is 37.5 Å². The molecule has 2 fully saturated rings. The molecule has 0 bridgehead atoms. The van der Waals surface area contributed by atoms with Gasteiger partial charge in [0.15, 0.2) is 0 Å². The predicted molar refractivity (Wildman–Crippen MR) is 80.4 cm³/mol. The number of aromatic nitrogens is 1. The minimum Gasteiger partial charge on any atom is -0.493 e. The fraction of sp³-hybridized carbons (Fsp3) is 0.688. The molecule has 1 unspecified atom stereocenters. The lowest BCUT2D eigenvalue weighted by atomic mass is 9.90. The highest BCUT2D eigenvalue weighted by atomic mass is 35.5. The van der Waals surface area contributed by atoms with Gasteiger partial charge in [0.05, 0.1) is 32.1 Å². The Morgan fingerprint density at radius 1 is 1.32 bits per heavy atom. The molecule has 0 amide bonds. The van der Waals surface area contributed by atoms with Crippen molar-refractivity contribution < 1.29 is 18.9 Å². The van der Waals surface area contributed by atoms with Crippen LogP contribution in [-0.4, -0.2) is 44.6 Å². The van der Waals surface area contributed by atoms with Crippen LogP contribution in [0.1, 0.15) is 24.1 Å². The van der Waals surface area contributed by atoms with Crippen LogP contribution in [0.15, 0.2) is 6.07 Å². The number of halogens is 1. The fourth-order valence-corrected chi connectivity index (χ4v) is 3.64. The van der Waals surface area contributed by atoms with Gasteiger partial charge in [-0.3, -0.25) is 0 Å². The minimum atomic E-state index is -0.437. The normalized spacial score (nSPS) is 30.7. The van der Waals surface area contributed by atoms with Gasteiger partial charge >= 0.3 is 0 Å². The Kier molecular flexibility index (Phi) is 3.98. The molecule has 2 atom stereocenters. The van der Waals surface area contributed by atoms with Crippen LogP contribution in [-0.2, 0) is 26.2 Å². The zero-order valence-corrected chi connectivity index (χ0v) is 13.2. The summed E-state index contributed by atoms with van der Waals surface area (Å²) in [7, 11) is 0. The lowest BCUT2D eigenvalue weighted by Gasteiger charge is -2.34. The summed E-state index contributed by atoms with van der Waals surface area (Å²) in [6, 6.07) is 1.82. The molecule has 120 valence electrons. The largest absolute Gasteiger partial charge is 0.493 e. The van der Waals surface area contributed by atoms with Crippen molar-refractivity contribution in [2.24, 2.45) is 5.92 Å². The van der Waals surface area contributed by atoms with E-state index in [2.05, 4.69) is 4.98 Å². The van der Waals surface area contributed by atoms with E-state index in [-0.39, 0.29) is 0 Å². The molecule has 1 aromatic rings. The highest BCUT2D eigenvalue weighted by Crippen LogP contribution is 2.42. The number of hydrogen-bond donors (Lipinski definition) is 0. The van der Waals surface area contributed by atoms with Crippen LogP contribution in [0.2, 0.25) is 5.15 Å². The minimum absolute atomic E-state index is 0.437. The first kappa shape index (κ1) is 14.7. The zero-order chi connectivity index (χ0) is 15.0. The zero-order valence-electron chi connectivity index (χ0n) is 12.5. The van der Waals surface area contributed by atoms with Gasteiger partial charge in [-0.15, -0.1) is 0 Å². The van der Waals surface area contributed by atoms with Gasteiger partial charge in [-0.25, -0.2) is 4.98 Å². The highest BCUT2D eigenvalue weighted by Gasteiger charge is 2.44. The molecule has 4 heterocycles. The molecule has 5 nitrogen and oxygen atoms in total. The van der Waals surface area contributed by atoms with Crippen LogP contribution >= 0.6 is 11.6 Å². The van der Waals surface area contributed by atoms with E-state index in [0.717, 1.165) is 49.5 Å². The van der Waals surface area contributed by atoms with Crippen LogP contribution in [0.3, 0.4) is 0 Å². The van der Waals surface area contributed by atoms with E-state index in [1.54, 1.807) is 0 Å². The summed E-state index contributed by atoms with van der Waals surface area (Å²) in [5, 5.41) is 0.452. The van der Waals surface area contributed by atoms with Crippen LogP contribution in [0.25, 0.3) is 0 Å².